The Kier molecular flexibility index (Phi) is 3.09. The van der Waals surface area contributed by atoms with E-state index in [-0.39, 0.29) is 0 Å². The maximum atomic E-state index is 6.32. The van der Waals surface area contributed by atoms with Crippen molar-refractivity contribution in [3.05, 3.63) is 0 Å². The van der Waals surface area contributed by atoms with Crippen LogP contribution in [0.2, 0.25) is 0 Å². The molecule has 0 aromatic carbocycles. The predicted molar refractivity (Wildman–Crippen MR) is 64.7 cm³/mol. The zero-order valence-corrected chi connectivity index (χ0v) is 10.5. The molecule has 0 radical (unpaired) electrons. The van der Waals surface area contributed by atoms with Gasteiger partial charge in [0.1, 0.15) is 0 Å². The van der Waals surface area contributed by atoms with Gasteiger partial charge in [0.2, 0.25) is 0 Å². The maximum absolute atomic E-state index is 6.32. The van der Waals surface area contributed by atoms with E-state index in [1.54, 1.807) is 0 Å². The van der Waals surface area contributed by atoms with Crippen LogP contribution in [0.15, 0.2) is 0 Å². The van der Waals surface area contributed by atoms with Crippen LogP contribution in [0.25, 0.3) is 0 Å². The minimum absolute atomic E-state index is 0.300. The number of nitrogens with zero attached hydrogens (tertiary/aromatic N) is 1. The lowest BCUT2D eigenvalue weighted by Crippen LogP contribution is -2.55. The molecule has 0 atom stereocenters. The van der Waals surface area contributed by atoms with Crippen molar-refractivity contribution in [2.24, 2.45) is 23.5 Å². The fraction of sp³-hybridized carbons (Fsp3) is 1.00. The van der Waals surface area contributed by atoms with Crippen molar-refractivity contribution in [1.29, 1.82) is 0 Å². The topological polar surface area (TPSA) is 29.3 Å². The first-order valence-corrected chi connectivity index (χ1v) is 6.37. The van der Waals surface area contributed by atoms with Crippen molar-refractivity contribution in [2.45, 2.75) is 44.1 Å². The molecule has 15 heavy (non-hydrogen) atoms. The molecule has 0 aromatic rings. The standard InChI is InChI=1S/C10H17N.C3H9N/c11-10-4-7-1-8(5-10)3-9(2-7)6-10;1-4(2)3/h7-9H,1-6,11H2;1-3H3. The highest BCUT2D eigenvalue weighted by atomic mass is 15.0. The third kappa shape index (κ3) is 2.73. The molecule has 0 saturated heterocycles. The van der Waals surface area contributed by atoms with Gasteiger partial charge in [-0.15, -0.1) is 0 Å². The molecule has 0 unspecified atom stereocenters. The Labute approximate surface area is 94.2 Å². The highest BCUT2D eigenvalue weighted by Crippen LogP contribution is 2.54. The summed E-state index contributed by atoms with van der Waals surface area (Å²) in [6.45, 7) is 0. The quantitative estimate of drug-likeness (QED) is 0.663. The first-order chi connectivity index (χ1) is 6.97. The molecule has 0 spiro atoms. The molecule has 0 aromatic heterocycles. The third-order valence-corrected chi connectivity index (χ3v) is 4.09. The first-order valence-electron chi connectivity index (χ1n) is 6.37. The molecule has 2 N–H and O–H groups in total. The van der Waals surface area contributed by atoms with E-state index in [2.05, 4.69) is 0 Å². The van der Waals surface area contributed by atoms with E-state index in [9.17, 15) is 0 Å². The summed E-state index contributed by atoms with van der Waals surface area (Å²) in [7, 11) is 6.00. The minimum atomic E-state index is 0.300. The van der Waals surface area contributed by atoms with E-state index >= 15 is 0 Å². The van der Waals surface area contributed by atoms with Gasteiger partial charge in [-0.2, -0.15) is 0 Å². The van der Waals surface area contributed by atoms with Crippen molar-refractivity contribution >= 4 is 0 Å². The van der Waals surface area contributed by atoms with Gasteiger partial charge in [0, 0.05) is 5.54 Å². The van der Waals surface area contributed by atoms with Crippen LogP contribution < -0.4 is 5.73 Å². The highest BCUT2D eigenvalue weighted by molar-refractivity contribution is 5.04. The molecule has 2 heteroatoms. The first kappa shape index (κ1) is 11.4. The lowest BCUT2D eigenvalue weighted by atomic mass is 9.53. The monoisotopic (exact) mass is 210 g/mol. The summed E-state index contributed by atoms with van der Waals surface area (Å²) in [6, 6.07) is 0. The normalized spacial score (nSPS) is 46.6. The predicted octanol–water partition coefficient (Wildman–Crippen LogP) is 2.09. The van der Waals surface area contributed by atoms with Crippen LogP contribution in [0.3, 0.4) is 0 Å². The molecular formula is C13H26N2. The number of rotatable bonds is 0. The number of hydrogen-bond acceptors (Lipinski definition) is 2. The van der Waals surface area contributed by atoms with Gasteiger partial charge in [0.05, 0.1) is 0 Å². The number of hydrogen-bond donors (Lipinski definition) is 1. The summed E-state index contributed by atoms with van der Waals surface area (Å²) in [5.74, 6) is 3.06. The van der Waals surface area contributed by atoms with Gasteiger partial charge in [-0.1, -0.05) is 0 Å². The molecule has 4 aliphatic carbocycles. The molecule has 0 aliphatic heterocycles. The van der Waals surface area contributed by atoms with E-state index in [1.807, 2.05) is 26.0 Å². The van der Waals surface area contributed by atoms with Gasteiger partial charge in [-0.3, -0.25) is 0 Å². The summed E-state index contributed by atoms with van der Waals surface area (Å²) >= 11 is 0. The zero-order valence-electron chi connectivity index (χ0n) is 10.5. The van der Waals surface area contributed by atoms with Crippen LogP contribution in [0, 0.1) is 17.8 Å². The Balaban J connectivity index is 0.000000188. The van der Waals surface area contributed by atoms with Gasteiger partial charge in [-0.25, -0.2) is 0 Å². The lowest BCUT2D eigenvalue weighted by molar-refractivity contribution is 0.000365. The second kappa shape index (κ2) is 4.06. The van der Waals surface area contributed by atoms with Crippen LogP contribution in [0.1, 0.15) is 38.5 Å². The second-order valence-electron chi connectivity index (χ2n) is 6.62. The molecular weight excluding hydrogens is 184 g/mol. The molecule has 88 valence electrons. The van der Waals surface area contributed by atoms with Gasteiger partial charge in [0.25, 0.3) is 0 Å². The summed E-state index contributed by atoms with van der Waals surface area (Å²) in [5, 5.41) is 0. The Morgan fingerprint density at radius 1 is 0.867 bits per heavy atom. The second-order valence-corrected chi connectivity index (χ2v) is 6.62. The number of nitrogens with two attached hydrogens (primary N) is 1. The van der Waals surface area contributed by atoms with Crippen LogP contribution in [-0.4, -0.2) is 31.6 Å². The van der Waals surface area contributed by atoms with E-state index in [0.29, 0.717) is 5.54 Å². The molecule has 0 amide bonds. The Morgan fingerprint density at radius 2 is 1.13 bits per heavy atom. The molecule has 4 aliphatic rings. The largest absolute Gasteiger partial charge is 0.325 e. The molecule has 4 fully saturated rings. The smallest absolute Gasteiger partial charge is 0.0162 e. The van der Waals surface area contributed by atoms with Crippen LogP contribution in [-0.2, 0) is 0 Å². The van der Waals surface area contributed by atoms with E-state index in [4.69, 9.17) is 5.73 Å². The van der Waals surface area contributed by atoms with Gasteiger partial charge < -0.3 is 10.6 Å². The van der Waals surface area contributed by atoms with Crippen molar-refractivity contribution in [2.75, 3.05) is 21.1 Å². The van der Waals surface area contributed by atoms with Crippen LogP contribution in [0.4, 0.5) is 0 Å². The SMILES string of the molecule is CN(C)C.NC12CC3CC(CC(C3)C1)C2. The van der Waals surface area contributed by atoms with Gasteiger partial charge in [0.15, 0.2) is 0 Å². The molecule has 4 saturated carbocycles. The molecule has 4 rings (SSSR count). The zero-order chi connectivity index (χ0) is 11.1. The van der Waals surface area contributed by atoms with Crippen molar-refractivity contribution in [3.63, 3.8) is 0 Å². The summed E-state index contributed by atoms with van der Waals surface area (Å²) in [4.78, 5) is 2.00. The lowest BCUT2D eigenvalue weighted by Gasteiger charge is -2.55. The molecule has 4 bridgehead atoms. The Hall–Kier alpha value is -0.0800. The average molecular weight is 210 g/mol. The molecule has 2 nitrogen and oxygen atoms in total. The van der Waals surface area contributed by atoms with E-state index < -0.39 is 0 Å². The third-order valence-electron chi connectivity index (χ3n) is 4.09. The average Bonchev–Trinajstić information content (AvgIpc) is 1.96. The van der Waals surface area contributed by atoms with Crippen LogP contribution >= 0.6 is 0 Å². The Bertz CT molecular complexity index is 185. The van der Waals surface area contributed by atoms with Gasteiger partial charge in [-0.05, 0) is 77.4 Å². The fourth-order valence-electron chi connectivity index (χ4n) is 4.18. The molecule has 0 heterocycles. The summed E-state index contributed by atoms with van der Waals surface area (Å²) in [6.07, 6.45) is 8.57. The summed E-state index contributed by atoms with van der Waals surface area (Å²) < 4.78 is 0. The minimum Gasteiger partial charge on any atom is -0.325 e. The highest BCUT2D eigenvalue weighted by Gasteiger charge is 2.48. The Morgan fingerprint density at radius 3 is 1.33 bits per heavy atom. The van der Waals surface area contributed by atoms with Crippen LogP contribution in [0.5, 0.6) is 0 Å². The van der Waals surface area contributed by atoms with Gasteiger partial charge >= 0.3 is 0 Å². The fourth-order valence-corrected chi connectivity index (χ4v) is 4.18. The van der Waals surface area contributed by atoms with Crippen molar-refractivity contribution in [1.82, 2.24) is 4.90 Å². The summed E-state index contributed by atoms with van der Waals surface area (Å²) in [5.41, 5.74) is 6.62. The van der Waals surface area contributed by atoms with E-state index in [0.717, 1.165) is 17.8 Å². The van der Waals surface area contributed by atoms with Crippen molar-refractivity contribution in [3.8, 4) is 0 Å². The maximum Gasteiger partial charge on any atom is 0.0162 e. The van der Waals surface area contributed by atoms with E-state index in [1.165, 1.54) is 38.5 Å². The van der Waals surface area contributed by atoms with Crippen molar-refractivity contribution < 1.29 is 0 Å².